The fraction of sp³-hybridized carbons (Fsp3) is 0.333. The summed E-state index contributed by atoms with van der Waals surface area (Å²) in [4.78, 5) is 4.38. The number of nitrogens with zero attached hydrogens (tertiary/aromatic N) is 2. The van der Waals surface area contributed by atoms with Crippen molar-refractivity contribution in [3.63, 3.8) is 0 Å². The molecule has 6 nitrogen and oxygen atoms in total. The lowest BCUT2D eigenvalue weighted by Crippen LogP contribution is -2.28. The highest BCUT2D eigenvalue weighted by molar-refractivity contribution is 7.89. The minimum Gasteiger partial charge on any atom is -0.478 e. The van der Waals surface area contributed by atoms with Crippen LogP contribution in [0.2, 0.25) is 0 Å². The van der Waals surface area contributed by atoms with Gasteiger partial charge >= 0.3 is 10.2 Å². The molecule has 0 saturated carbocycles. The number of aliphatic imine (C=N–C) groups is 1. The predicted octanol–water partition coefficient (Wildman–Crippen LogP) is 1.43. The van der Waals surface area contributed by atoms with Gasteiger partial charge < -0.3 is 4.74 Å². The lowest BCUT2D eigenvalue weighted by atomic mass is 10.1. The molecule has 0 radical (unpaired) electrons. The number of rotatable bonds is 3. The maximum Gasteiger partial charge on any atom is 0.347 e. The van der Waals surface area contributed by atoms with Gasteiger partial charge in [-0.15, -0.1) is 4.40 Å². The van der Waals surface area contributed by atoms with Gasteiger partial charge in [-0.05, 0) is 12.0 Å². The highest BCUT2D eigenvalue weighted by Gasteiger charge is 2.28. The molecule has 1 N–H and O–H groups in total. The van der Waals surface area contributed by atoms with Gasteiger partial charge in [-0.3, -0.25) is 4.99 Å². The number of hydrogen-bond donors (Lipinski definition) is 1. The van der Waals surface area contributed by atoms with Gasteiger partial charge in [-0.2, -0.15) is 8.42 Å². The van der Waals surface area contributed by atoms with Crippen molar-refractivity contribution >= 4 is 21.9 Å². The molecule has 0 bridgehead atoms. The Balaban J connectivity index is 2.32. The standard InChI is InChI=1S/C12H15N3O3S/c1-3-10(9-7-5-4-6-8-9)13-11-12(18-2)15-19(16,17)14-11/h4-8,10H,3H2,1-2H3,(H,13,14)/t10-/m1/s1. The molecule has 1 atom stereocenters. The highest BCUT2D eigenvalue weighted by Crippen LogP contribution is 2.21. The second kappa shape index (κ2) is 5.40. The molecule has 0 saturated heterocycles. The summed E-state index contributed by atoms with van der Waals surface area (Å²) in [6.07, 6.45) is 0.742. The second-order valence-electron chi connectivity index (χ2n) is 3.99. The molecule has 7 heteroatoms. The number of amidine groups is 1. The zero-order valence-corrected chi connectivity index (χ0v) is 11.5. The van der Waals surface area contributed by atoms with Crippen molar-refractivity contribution < 1.29 is 13.2 Å². The lowest BCUT2D eigenvalue weighted by Gasteiger charge is -2.11. The number of hydrogen-bond acceptors (Lipinski definition) is 4. The lowest BCUT2D eigenvalue weighted by molar-refractivity contribution is 0.412. The Morgan fingerprint density at radius 3 is 2.63 bits per heavy atom. The monoisotopic (exact) mass is 281 g/mol. The molecule has 1 aromatic carbocycles. The molecule has 19 heavy (non-hydrogen) atoms. The maximum atomic E-state index is 11.4. The van der Waals surface area contributed by atoms with Crippen molar-refractivity contribution in [2.24, 2.45) is 9.39 Å². The Morgan fingerprint density at radius 2 is 2.05 bits per heavy atom. The SMILES string of the molecule is CC[C@@H](N=C1NS(=O)(=O)N=C1OC)c1ccccc1. The van der Waals surface area contributed by atoms with Gasteiger partial charge in [-0.25, -0.2) is 4.72 Å². The van der Waals surface area contributed by atoms with Crippen molar-refractivity contribution in [1.82, 2.24) is 4.72 Å². The summed E-state index contributed by atoms with van der Waals surface area (Å²) in [7, 11) is -2.35. The van der Waals surface area contributed by atoms with Crippen LogP contribution in [-0.4, -0.2) is 27.3 Å². The fourth-order valence-electron chi connectivity index (χ4n) is 1.79. The first-order chi connectivity index (χ1) is 9.05. The number of methoxy groups -OCH3 is 1. The van der Waals surface area contributed by atoms with Crippen molar-refractivity contribution in [1.29, 1.82) is 0 Å². The smallest absolute Gasteiger partial charge is 0.347 e. The van der Waals surface area contributed by atoms with Gasteiger partial charge in [0.05, 0.1) is 13.2 Å². The van der Waals surface area contributed by atoms with E-state index in [9.17, 15) is 8.42 Å². The third-order valence-corrected chi connectivity index (χ3v) is 3.54. The molecule has 0 spiro atoms. The van der Waals surface area contributed by atoms with E-state index in [0.29, 0.717) is 0 Å². The average Bonchev–Trinajstić information content (AvgIpc) is 2.71. The second-order valence-corrected chi connectivity index (χ2v) is 5.33. The van der Waals surface area contributed by atoms with Crippen LogP contribution in [-0.2, 0) is 14.9 Å². The molecular weight excluding hydrogens is 266 g/mol. The van der Waals surface area contributed by atoms with E-state index in [2.05, 4.69) is 14.1 Å². The summed E-state index contributed by atoms with van der Waals surface area (Å²) in [5.74, 6) is 0.146. The largest absolute Gasteiger partial charge is 0.478 e. The summed E-state index contributed by atoms with van der Waals surface area (Å²) < 4.78 is 33.3. The minimum atomic E-state index is -3.71. The van der Waals surface area contributed by atoms with E-state index in [4.69, 9.17) is 4.74 Å². The van der Waals surface area contributed by atoms with Crippen molar-refractivity contribution in [3.05, 3.63) is 35.9 Å². The van der Waals surface area contributed by atoms with Gasteiger partial charge in [0.2, 0.25) is 5.84 Å². The Labute approximate surface area is 112 Å². The van der Waals surface area contributed by atoms with Gasteiger partial charge in [0.1, 0.15) is 0 Å². The van der Waals surface area contributed by atoms with Crippen molar-refractivity contribution in [2.75, 3.05) is 7.11 Å². The zero-order valence-electron chi connectivity index (χ0n) is 10.7. The van der Waals surface area contributed by atoms with E-state index < -0.39 is 10.2 Å². The molecule has 2 rings (SSSR count). The summed E-state index contributed by atoms with van der Waals surface area (Å²) >= 11 is 0. The average molecular weight is 281 g/mol. The van der Waals surface area contributed by atoms with Gasteiger partial charge in [0, 0.05) is 0 Å². The van der Waals surface area contributed by atoms with E-state index >= 15 is 0 Å². The normalized spacial score (nSPS) is 20.7. The number of benzene rings is 1. The molecular formula is C12H15N3O3S. The fourth-order valence-corrected chi connectivity index (χ4v) is 2.60. The van der Waals surface area contributed by atoms with Gasteiger partial charge in [0.15, 0.2) is 0 Å². The van der Waals surface area contributed by atoms with Crippen LogP contribution in [0.3, 0.4) is 0 Å². The van der Waals surface area contributed by atoms with E-state index in [1.807, 2.05) is 37.3 Å². The van der Waals surface area contributed by atoms with Crippen LogP contribution >= 0.6 is 0 Å². The zero-order chi connectivity index (χ0) is 13.9. The van der Waals surface area contributed by atoms with Crippen LogP contribution in [0.5, 0.6) is 0 Å². The topological polar surface area (TPSA) is 80.1 Å². The van der Waals surface area contributed by atoms with Crippen LogP contribution in [0.1, 0.15) is 24.9 Å². The molecule has 0 unspecified atom stereocenters. The van der Waals surface area contributed by atoms with Crippen LogP contribution in [0, 0.1) is 0 Å². The highest BCUT2D eigenvalue weighted by atomic mass is 32.2. The van der Waals surface area contributed by atoms with Crippen molar-refractivity contribution in [2.45, 2.75) is 19.4 Å². The third-order valence-electron chi connectivity index (χ3n) is 2.68. The molecule has 0 fully saturated rings. The molecule has 0 amide bonds. The Morgan fingerprint density at radius 1 is 1.37 bits per heavy atom. The molecule has 1 aliphatic rings. The first-order valence-electron chi connectivity index (χ1n) is 5.85. The van der Waals surface area contributed by atoms with Gasteiger partial charge in [0.25, 0.3) is 5.90 Å². The van der Waals surface area contributed by atoms with Crippen molar-refractivity contribution in [3.8, 4) is 0 Å². The first kappa shape index (κ1) is 13.5. The van der Waals surface area contributed by atoms with E-state index in [1.54, 1.807) is 0 Å². The van der Waals surface area contributed by atoms with E-state index in [0.717, 1.165) is 12.0 Å². The summed E-state index contributed by atoms with van der Waals surface area (Å²) in [5, 5.41) is 0. The molecule has 1 aliphatic heterocycles. The molecule has 1 heterocycles. The molecule has 1 aromatic rings. The van der Waals surface area contributed by atoms with E-state index in [-0.39, 0.29) is 17.8 Å². The van der Waals surface area contributed by atoms with E-state index in [1.165, 1.54) is 7.11 Å². The van der Waals surface area contributed by atoms with Crippen LogP contribution in [0.25, 0.3) is 0 Å². The molecule has 102 valence electrons. The van der Waals surface area contributed by atoms with Crippen LogP contribution < -0.4 is 4.72 Å². The molecule has 0 aromatic heterocycles. The van der Waals surface area contributed by atoms with Crippen LogP contribution in [0.4, 0.5) is 0 Å². The minimum absolute atomic E-state index is 0.00520. The van der Waals surface area contributed by atoms with Crippen LogP contribution in [0.15, 0.2) is 39.7 Å². The number of nitrogens with one attached hydrogen (secondary N) is 1. The summed E-state index contributed by atoms with van der Waals surface area (Å²) in [6.45, 7) is 1.98. The Bertz CT molecular complexity index is 608. The first-order valence-corrected chi connectivity index (χ1v) is 7.29. The molecule has 0 aliphatic carbocycles. The quantitative estimate of drug-likeness (QED) is 0.910. The summed E-state index contributed by atoms with van der Waals surface area (Å²) in [5.41, 5.74) is 1.01. The predicted molar refractivity (Wildman–Crippen MR) is 73.4 cm³/mol. The summed E-state index contributed by atoms with van der Waals surface area (Å²) in [6, 6.07) is 9.52. The Hall–Kier alpha value is -1.89. The number of ether oxygens (including phenoxy) is 1. The Kier molecular flexibility index (Phi) is 3.84. The maximum absolute atomic E-state index is 11.4. The van der Waals surface area contributed by atoms with Gasteiger partial charge in [-0.1, -0.05) is 37.3 Å². The third kappa shape index (κ3) is 3.11.